The molecule has 0 aromatic heterocycles. The van der Waals surface area contributed by atoms with Crippen LogP contribution in [-0.2, 0) is 19.2 Å². The van der Waals surface area contributed by atoms with Crippen LogP contribution in [0.3, 0.4) is 0 Å². The highest BCUT2D eigenvalue weighted by atomic mass is 32.2. The van der Waals surface area contributed by atoms with E-state index >= 15 is 0 Å². The first kappa shape index (κ1) is 32.4. The Morgan fingerprint density at radius 2 is 0.927 bits per heavy atom. The summed E-state index contributed by atoms with van der Waals surface area (Å²) >= 11 is 13.3. The number of hydrogen-bond acceptors (Lipinski definition) is 8. The van der Waals surface area contributed by atoms with Crippen molar-refractivity contribution in [1.29, 1.82) is 0 Å². The zero-order valence-electron chi connectivity index (χ0n) is 23.9. The zero-order valence-corrected chi connectivity index (χ0v) is 27.2. The van der Waals surface area contributed by atoms with Crippen molar-refractivity contribution >= 4 is 80.2 Å². The van der Waals surface area contributed by atoms with Gasteiger partial charge in [-0.2, -0.15) is 0 Å². The van der Waals surface area contributed by atoms with E-state index in [9.17, 15) is 19.2 Å². The van der Waals surface area contributed by atoms with Crippen molar-refractivity contribution in [1.82, 2.24) is 19.6 Å². The van der Waals surface area contributed by atoms with Crippen LogP contribution in [0.25, 0.3) is 0 Å². The molecule has 226 valence electrons. The number of rotatable bonds is 13. The normalized spacial score (nSPS) is 22.0. The number of hydrogen-bond donors (Lipinski definition) is 0. The number of thiocarbonyl (C=S) groups is 2. The number of likely N-dealkylation sites (tertiary alicyclic amines) is 2. The summed E-state index contributed by atoms with van der Waals surface area (Å²) < 4.78 is 0.952. The van der Waals surface area contributed by atoms with Gasteiger partial charge >= 0.3 is 0 Å². The van der Waals surface area contributed by atoms with Crippen LogP contribution in [0, 0.1) is 0 Å². The number of thioether (sulfide) groups is 2. The SMILES string of the molecule is O=C(CCCCCCN1C(=O)C(=C2SC(=S)N(CCCCCC(=O)N3CCCCC3)C2=O)SC1=S)N1CCCCC1. The molecule has 4 heterocycles. The van der Waals surface area contributed by atoms with Crippen LogP contribution in [0.2, 0.25) is 0 Å². The number of carbonyl (C=O) groups is 4. The van der Waals surface area contributed by atoms with Crippen LogP contribution in [-0.4, -0.2) is 91.1 Å². The summed E-state index contributed by atoms with van der Waals surface area (Å²) in [7, 11) is 0. The molecule has 4 saturated heterocycles. The van der Waals surface area contributed by atoms with E-state index in [1.807, 2.05) is 9.80 Å². The predicted octanol–water partition coefficient (Wildman–Crippen LogP) is 5.45. The number of piperidine rings is 2. The van der Waals surface area contributed by atoms with Crippen molar-refractivity contribution in [3.63, 3.8) is 0 Å². The summed E-state index contributed by atoms with van der Waals surface area (Å²) in [5.74, 6) is 0.0717. The molecule has 8 nitrogen and oxygen atoms in total. The van der Waals surface area contributed by atoms with Gasteiger partial charge in [-0.1, -0.05) is 67.2 Å². The fourth-order valence-corrected chi connectivity index (χ4v) is 8.45. The van der Waals surface area contributed by atoms with Gasteiger partial charge in [0.25, 0.3) is 11.8 Å². The van der Waals surface area contributed by atoms with Gasteiger partial charge in [0.1, 0.15) is 8.64 Å². The summed E-state index contributed by atoms with van der Waals surface area (Å²) in [6.07, 6.45) is 14.0. The van der Waals surface area contributed by atoms with Crippen molar-refractivity contribution in [3.8, 4) is 0 Å². The van der Waals surface area contributed by atoms with Gasteiger partial charge in [0.15, 0.2) is 0 Å². The molecule has 0 N–H and O–H groups in total. The quantitative estimate of drug-likeness (QED) is 0.150. The van der Waals surface area contributed by atoms with Gasteiger partial charge in [-0.3, -0.25) is 29.0 Å². The average molecular weight is 639 g/mol. The maximum Gasteiger partial charge on any atom is 0.267 e. The maximum absolute atomic E-state index is 13.2. The number of unbranched alkanes of at least 4 members (excludes halogenated alkanes) is 5. The summed E-state index contributed by atoms with van der Waals surface area (Å²) in [6, 6.07) is 0. The highest BCUT2D eigenvalue weighted by Crippen LogP contribution is 2.42. The molecule has 12 heteroatoms. The molecule has 0 radical (unpaired) electrons. The van der Waals surface area contributed by atoms with Gasteiger partial charge < -0.3 is 9.80 Å². The molecule has 0 unspecified atom stereocenters. The van der Waals surface area contributed by atoms with E-state index in [-0.39, 0.29) is 23.6 Å². The Labute approximate surface area is 263 Å². The average Bonchev–Trinajstić information content (AvgIpc) is 3.43. The summed E-state index contributed by atoms with van der Waals surface area (Å²) in [5.41, 5.74) is 0. The first-order valence-electron chi connectivity index (χ1n) is 15.2. The second-order valence-corrected chi connectivity index (χ2v) is 14.5. The second-order valence-electron chi connectivity index (χ2n) is 11.2. The summed E-state index contributed by atoms with van der Waals surface area (Å²) in [4.78, 5) is 59.0. The highest BCUT2D eigenvalue weighted by Gasteiger charge is 2.41. The lowest BCUT2D eigenvalue weighted by atomic mass is 10.1. The van der Waals surface area contributed by atoms with Gasteiger partial charge in [-0.15, -0.1) is 0 Å². The van der Waals surface area contributed by atoms with E-state index in [2.05, 4.69) is 0 Å². The van der Waals surface area contributed by atoms with Gasteiger partial charge in [-0.25, -0.2) is 0 Å². The standard InChI is InChI=1S/C29H42N4O4S4/c34-22(30-16-8-4-9-17-30)14-6-1-2-12-20-32-26(36)24(40-28(32)38)25-27(37)33(29(39)41-25)21-13-3-7-15-23(35)31-18-10-5-11-19-31/h1-21H2. The largest absolute Gasteiger partial charge is 0.343 e. The van der Waals surface area contributed by atoms with Crippen molar-refractivity contribution < 1.29 is 19.2 Å². The molecule has 0 bridgehead atoms. The van der Waals surface area contributed by atoms with Gasteiger partial charge in [0.05, 0.1) is 9.81 Å². The van der Waals surface area contributed by atoms with Crippen molar-refractivity contribution in [2.75, 3.05) is 39.3 Å². The van der Waals surface area contributed by atoms with Crippen LogP contribution in [0.15, 0.2) is 9.81 Å². The van der Waals surface area contributed by atoms with Crippen molar-refractivity contribution in [2.45, 2.75) is 96.3 Å². The molecule has 4 aliphatic heterocycles. The fraction of sp³-hybridized carbons (Fsp3) is 0.724. The molecule has 0 aromatic carbocycles. The molecule has 4 fully saturated rings. The topological polar surface area (TPSA) is 81.2 Å². The molecule has 4 aliphatic rings. The fourth-order valence-electron chi connectivity index (χ4n) is 5.68. The molecule has 0 saturated carbocycles. The molecule has 4 rings (SSSR count). The molecular weight excluding hydrogens is 597 g/mol. The predicted molar refractivity (Wildman–Crippen MR) is 173 cm³/mol. The molecular formula is C29H42N4O4S4. The van der Waals surface area contributed by atoms with Crippen LogP contribution in [0.5, 0.6) is 0 Å². The first-order valence-corrected chi connectivity index (χ1v) is 17.7. The third kappa shape index (κ3) is 9.00. The lowest BCUT2D eigenvalue weighted by Gasteiger charge is -2.26. The highest BCUT2D eigenvalue weighted by molar-refractivity contribution is 8.29. The lowest BCUT2D eigenvalue weighted by molar-refractivity contribution is -0.133. The molecule has 4 amide bonds. The van der Waals surface area contributed by atoms with Crippen LogP contribution in [0.1, 0.15) is 96.3 Å². The number of carbonyl (C=O) groups excluding carboxylic acids is 4. The smallest absolute Gasteiger partial charge is 0.267 e. The van der Waals surface area contributed by atoms with E-state index in [0.29, 0.717) is 44.4 Å². The van der Waals surface area contributed by atoms with E-state index in [4.69, 9.17) is 24.4 Å². The Hall–Kier alpha value is -1.50. The van der Waals surface area contributed by atoms with Gasteiger partial charge in [0.2, 0.25) is 11.8 Å². The van der Waals surface area contributed by atoms with Crippen LogP contribution >= 0.6 is 48.0 Å². The van der Waals surface area contributed by atoms with E-state index in [1.54, 1.807) is 9.80 Å². The monoisotopic (exact) mass is 638 g/mol. The lowest BCUT2D eigenvalue weighted by Crippen LogP contribution is -2.35. The minimum Gasteiger partial charge on any atom is -0.343 e. The maximum atomic E-state index is 13.2. The van der Waals surface area contributed by atoms with E-state index in [0.717, 1.165) is 96.8 Å². The Bertz CT molecular complexity index is 1050. The Morgan fingerprint density at radius 3 is 1.34 bits per heavy atom. The minimum atomic E-state index is -0.219. The Morgan fingerprint density at radius 1 is 0.561 bits per heavy atom. The second kappa shape index (κ2) is 16.4. The van der Waals surface area contributed by atoms with E-state index in [1.165, 1.54) is 36.4 Å². The number of nitrogens with zero attached hydrogens (tertiary/aromatic N) is 4. The Kier molecular flexibility index (Phi) is 12.9. The van der Waals surface area contributed by atoms with Crippen LogP contribution < -0.4 is 0 Å². The molecule has 41 heavy (non-hydrogen) atoms. The van der Waals surface area contributed by atoms with Gasteiger partial charge in [-0.05, 0) is 64.2 Å². The summed E-state index contributed by atoms with van der Waals surface area (Å²) in [5, 5.41) is 0. The molecule has 0 aliphatic carbocycles. The van der Waals surface area contributed by atoms with Crippen molar-refractivity contribution in [2.24, 2.45) is 0 Å². The van der Waals surface area contributed by atoms with Gasteiger partial charge in [0, 0.05) is 52.1 Å². The van der Waals surface area contributed by atoms with E-state index < -0.39 is 0 Å². The summed E-state index contributed by atoms with van der Waals surface area (Å²) in [6.45, 7) is 4.56. The zero-order chi connectivity index (χ0) is 29.2. The van der Waals surface area contributed by atoms with Crippen molar-refractivity contribution in [3.05, 3.63) is 9.81 Å². The number of amides is 4. The molecule has 0 atom stereocenters. The molecule has 0 aromatic rings. The molecule has 0 spiro atoms. The Balaban J connectivity index is 1.15. The third-order valence-corrected chi connectivity index (χ3v) is 11.1. The van der Waals surface area contributed by atoms with Crippen LogP contribution in [0.4, 0.5) is 0 Å². The minimum absolute atomic E-state index is 0.211. The third-order valence-electron chi connectivity index (χ3n) is 8.12. The first-order chi connectivity index (χ1) is 19.9.